The maximum Gasteiger partial charge on any atom is 0.227 e. The van der Waals surface area contributed by atoms with E-state index in [-0.39, 0.29) is 11.8 Å². The van der Waals surface area contributed by atoms with Crippen molar-refractivity contribution in [3.63, 3.8) is 0 Å². The number of rotatable bonds is 7. The molecule has 1 N–H and O–H groups in total. The molecule has 4 rings (SSSR count). The van der Waals surface area contributed by atoms with Crippen molar-refractivity contribution >= 4 is 11.8 Å². The molecule has 1 saturated heterocycles. The van der Waals surface area contributed by atoms with Crippen LogP contribution in [0.5, 0.6) is 0 Å². The summed E-state index contributed by atoms with van der Waals surface area (Å²) in [7, 11) is 0. The van der Waals surface area contributed by atoms with Crippen LogP contribution < -0.4 is 5.32 Å². The second-order valence-corrected chi connectivity index (χ2v) is 9.84. The van der Waals surface area contributed by atoms with Crippen LogP contribution in [0, 0.1) is 6.92 Å². The molecule has 2 aliphatic rings. The third-order valence-corrected chi connectivity index (χ3v) is 7.03. The van der Waals surface area contributed by atoms with E-state index >= 15 is 0 Å². The molecule has 0 spiro atoms. The summed E-state index contributed by atoms with van der Waals surface area (Å²) >= 11 is 0. The first-order valence-corrected chi connectivity index (χ1v) is 12.6. The molecule has 1 saturated carbocycles. The van der Waals surface area contributed by atoms with E-state index in [2.05, 4.69) is 51.5 Å². The van der Waals surface area contributed by atoms with E-state index in [1.807, 2.05) is 4.90 Å². The second-order valence-electron chi connectivity index (χ2n) is 9.84. The minimum Gasteiger partial charge on any atom is -0.343 e. The van der Waals surface area contributed by atoms with E-state index in [4.69, 9.17) is 4.52 Å². The lowest BCUT2D eigenvalue weighted by atomic mass is 9.89. The van der Waals surface area contributed by atoms with Gasteiger partial charge in [0.1, 0.15) is 5.54 Å². The molecule has 1 aromatic heterocycles. The van der Waals surface area contributed by atoms with Crippen LogP contribution in [-0.4, -0.2) is 57.9 Å². The molecule has 2 heterocycles. The van der Waals surface area contributed by atoms with E-state index in [9.17, 15) is 9.59 Å². The highest BCUT2D eigenvalue weighted by molar-refractivity contribution is 5.76. The molecule has 1 aliphatic carbocycles. The standard InChI is InChI=1S/C26H37N5O3/c1-20-8-7-9-22(18-20)19-30-14-16-31(17-15-30)24(33)11-10-23-27-25(29-34-23)26(28-21(2)32)12-5-3-4-6-13-26/h7-9,18H,3-6,10-17,19H2,1-2H3,(H,28,32). The highest BCUT2D eigenvalue weighted by Gasteiger charge is 2.38. The third kappa shape index (κ3) is 6.23. The number of amides is 2. The van der Waals surface area contributed by atoms with Gasteiger partial charge in [0, 0.05) is 52.5 Å². The highest BCUT2D eigenvalue weighted by atomic mass is 16.5. The Labute approximate surface area is 202 Å². The number of piperazine rings is 1. The van der Waals surface area contributed by atoms with Gasteiger partial charge in [-0.15, -0.1) is 0 Å². The van der Waals surface area contributed by atoms with E-state index in [0.29, 0.717) is 24.6 Å². The average molecular weight is 468 g/mol. The predicted molar refractivity (Wildman–Crippen MR) is 129 cm³/mol. The van der Waals surface area contributed by atoms with Crippen LogP contribution in [0.1, 0.15) is 74.7 Å². The fraction of sp³-hybridized carbons (Fsp3) is 0.615. The summed E-state index contributed by atoms with van der Waals surface area (Å²) < 4.78 is 5.50. The van der Waals surface area contributed by atoms with Gasteiger partial charge >= 0.3 is 0 Å². The summed E-state index contributed by atoms with van der Waals surface area (Å²) in [5.74, 6) is 1.07. The zero-order valence-electron chi connectivity index (χ0n) is 20.5. The van der Waals surface area contributed by atoms with Crippen LogP contribution in [0.15, 0.2) is 28.8 Å². The van der Waals surface area contributed by atoms with Crippen molar-refractivity contribution in [1.82, 2.24) is 25.3 Å². The number of carbonyl (C=O) groups is 2. The molecule has 8 nitrogen and oxygen atoms in total. The zero-order chi connectivity index (χ0) is 24.0. The number of benzene rings is 1. The van der Waals surface area contributed by atoms with Crippen LogP contribution in [0.2, 0.25) is 0 Å². The average Bonchev–Trinajstić information content (AvgIpc) is 3.18. The highest BCUT2D eigenvalue weighted by Crippen LogP contribution is 2.34. The number of nitrogens with zero attached hydrogens (tertiary/aromatic N) is 4. The fourth-order valence-corrected chi connectivity index (χ4v) is 5.22. The lowest BCUT2D eigenvalue weighted by Gasteiger charge is -2.34. The lowest BCUT2D eigenvalue weighted by Crippen LogP contribution is -2.48. The fourth-order valence-electron chi connectivity index (χ4n) is 5.22. The Kier molecular flexibility index (Phi) is 7.98. The van der Waals surface area contributed by atoms with Crippen LogP contribution in [-0.2, 0) is 28.1 Å². The van der Waals surface area contributed by atoms with Crippen molar-refractivity contribution in [3.05, 3.63) is 47.1 Å². The molecule has 0 radical (unpaired) electrons. The molecule has 34 heavy (non-hydrogen) atoms. The van der Waals surface area contributed by atoms with Crippen molar-refractivity contribution in [1.29, 1.82) is 0 Å². The molecule has 184 valence electrons. The Bertz CT molecular complexity index is 972. The van der Waals surface area contributed by atoms with Gasteiger partial charge in [0.25, 0.3) is 0 Å². The summed E-state index contributed by atoms with van der Waals surface area (Å²) in [5.41, 5.74) is 2.04. The normalized spacial score (nSPS) is 18.9. The van der Waals surface area contributed by atoms with Gasteiger partial charge < -0.3 is 14.7 Å². The van der Waals surface area contributed by atoms with Gasteiger partial charge in [-0.2, -0.15) is 4.98 Å². The van der Waals surface area contributed by atoms with Gasteiger partial charge in [-0.25, -0.2) is 0 Å². The monoisotopic (exact) mass is 467 g/mol. The molecule has 1 aliphatic heterocycles. The minimum absolute atomic E-state index is 0.0787. The number of carbonyl (C=O) groups excluding carboxylic acids is 2. The Morgan fingerprint density at radius 1 is 1.09 bits per heavy atom. The van der Waals surface area contributed by atoms with E-state index in [0.717, 1.165) is 71.2 Å². The Hall–Kier alpha value is -2.74. The van der Waals surface area contributed by atoms with Gasteiger partial charge in [-0.3, -0.25) is 14.5 Å². The number of nitrogens with one attached hydrogen (secondary N) is 1. The first-order chi connectivity index (χ1) is 16.4. The van der Waals surface area contributed by atoms with E-state index < -0.39 is 5.54 Å². The molecule has 2 fully saturated rings. The van der Waals surface area contributed by atoms with Crippen LogP contribution in [0.3, 0.4) is 0 Å². The number of hydrogen-bond acceptors (Lipinski definition) is 6. The van der Waals surface area contributed by atoms with Crippen molar-refractivity contribution in [2.45, 2.75) is 77.3 Å². The van der Waals surface area contributed by atoms with E-state index in [1.165, 1.54) is 18.1 Å². The first kappa shape index (κ1) is 24.4. The van der Waals surface area contributed by atoms with Crippen molar-refractivity contribution in [3.8, 4) is 0 Å². The van der Waals surface area contributed by atoms with Crippen molar-refractivity contribution in [2.24, 2.45) is 0 Å². The van der Waals surface area contributed by atoms with E-state index in [1.54, 1.807) is 0 Å². The summed E-state index contributed by atoms with van der Waals surface area (Å²) in [4.78, 5) is 33.6. The van der Waals surface area contributed by atoms with Gasteiger partial charge in [0.15, 0.2) is 5.82 Å². The van der Waals surface area contributed by atoms with Crippen molar-refractivity contribution < 1.29 is 14.1 Å². The first-order valence-electron chi connectivity index (χ1n) is 12.6. The topological polar surface area (TPSA) is 91.6 Å². The van der Waals surface area contributed by atoms with Gasteiger partial charge in [-0.05, 0) is 25.3 Å². The van der Waals surface area contributed by atoms with Crippen LogP contribution in [0.25, 0.3) is 0 Å². The lowest BCUT2D eigenvalue weighted by molar-refractivity contribution is -0.133. The third-order valence-electron chi connectivity index (χ3n) is 7.03. The van der Waals surface area contributed by atoms with Crippen LogP contribution >= 0.6 is 0 Å². The largest absolute Gasteiger partial charge is 0.343 e. The number of hydrogen-bond donors (Lipinski definition) is 1. The summed E-state index contributed by atoms with van der Waals surface area (Å²) in [6.45, 7) is 7.81. The molecular formula is C26H37N5O3. The molecule has 0 unspecified atom stereocenters. The van der Waals surface area contributed by atoms with Crippen molar-refractivity contribution in [2.75, 3.05) is 26.2 Å². The zero-order valence-corrected chi connectivity index (χ0v) is 20.5. The van der Waals surface area contributed by atoms with Gasteiger partial charge in [0.05, 0.1) is 0 Å². The van der Waals surface area contributed by atoms with Gasteiger partial charge in [0.2, 0.25) is 17.7 Å². The second kappa shape index (κ2) is 11.1. The SMILES string of the molecule is CC(=O)NC1(c2noc(CCC(=O)N3CCN(Cc4cccc(C)c4)CC3)n2)CCCCCC1. The maximum atomic E-state index is 12.8. The Morgan fingerprint density at radius 2 is 1.82 bits per heavy atom. The quantitative estimate of drug-likeness (QED) is 0.628. The molecule has 0 atom stereocenters. The van der Waals surface area contributed by atoms with Crippen LogP contribution in [0.4, 0.5) is 0 Å². The molecule has 1 aromatic carbocycles. The molecule has 8 heteroatoms. The number of aryl methyl sites for hydroxylation is 2. The smallest absolute Gasteiger partial charge is 0.227 e. The number of aromatic nitrogens is 2. The summed E-state index contributed by atoms with van der Waals surface area (Å²) in [5, 5.41) is 7.32. The maximum absolute atomic E-state index is 12.8. The molecular weight excluding hydrogens is 430 g/mol. The predicted octanol–water partition coefficient (Wildman–Crippen LogP) is 3.34. The Morgan fingerprint density at radius 3 is 2.50 bits per heavy atom. The summed E-state index contributed by atoms with van der Waals surface area (Å²) in [6, 6.07) is 8.60. The molecule has 2 amide bonds. The molecule has 0 bridgehead atoms. The molecule has 2 aromatic rings. The summed E-state index contributed by atoms with van der Waals surface area (Å²) in [6.07, 6.45) is 6.77. The minimum atomic E-state index is -0.554. The Balaban J connectivity index is 1.28. The van der Waals surface area contributed by atoms with Gasteiger partial charge in [-0.1, -0.05) is 60.7 Å².